The van der Waals surface area contributed by atoms with Crippen molar-refractivity contribution in [2.75, 3.05) is 13.1 Å². The Labute approximate surface area is 145 Å². The van der Waals surface area contributed by atoms with Crippen LogP contribution < -0.4 is 5.73 Å². The number of rotatable bonds is 8. The molecule has 1 aliphatic heterocycles. The van der Waals surface area contributed by atoms with Crippen LogP contribution in [0.2, 0.25) is 0 Å². The third-order valence-corrected chi connectivity index (χ3v) is 5.43. The molecule has 7 nitrogen and oxygen atoms in total. The molecule has 1 amide bonds. The first-order chi connectivity index (χ1) is 11.4. The van der Waals surface area contributed by atoms with E-state index >= 15 is 0 Å². The van der Waals surface area contributed by atoms with Crippen molar-refractivity contribution < 1.29 is 4.79 Å². The number of tetrazole rings is 1. The highest BCUT2D eigenvalue weighted by molar-refractivity contribution is 5.76. The lowest BCUT2D eigenvalue weighted by atomic mass is 9.93. The quantitative estimate of drug-likeness (QED) is 0.786. The molecule has 1 aliphatic rings. The van der Waals surface area contributed by atoms with E-state index in [1.54, 1.807) is 0 Å². The number of hydrogen-bond donors (Lipinski definition) is 1. The summed E-state index contributed by atoms with van der Waals surface area (Å²) in [6.45, 7) is 10.5. The molecule has 1 aromatic rings. The van der Waals surface area contributed by atoms with Gasteiger partial charge in [0.25, 0.3) is 0 Å². The summed E-state index contributed by atoms with van der Waals surface area (Å²) in [5.41, 5.74) is 5.37. The van der Waals surface area contributed by atoms with Crippen molar-refractivity contribution in [1.29, 1.82) is 0 Å². The largest absolute Gasteiger partial charge is 0.369 e. The van der Waals surface area contributed by atoms with Gasteiger partial charge in [-0.1, -0.05) is 26.7 Å². The number of carbonyl (C=O) groups is 1. The van der Waals surface area contributed by atoms with E-state index in [1.807, 2.05) is 4.68 Å². The van der Waals surface area contributed by atoms with Gasteiger partial charge in [-0.3, -0.25) is 9.69 Å². The van der Waals surface area contributed by atoms with Crippen LogP contribution in [0.1, 0.15) is 78.1 Å². The summed E-state index contributed by atoms with van der Waals surface area (Å²) in [4.78, 5) is 13.9. The number of nitrogens with zero attached hydrogens (tertiary/aromatic N) is 5. The molecule has 0 bridgehead atoms. The number of nitrogens with two attached hydrogens (primary N) is 1. The second-order valence-electron chi connectivity index (χ2n) is 7.49. The Morgan fingerprint density at radius 2 is 2.00 bits per heavy atom. The van der Waals surface area contributed by atoms with Gasteiger partial charge in [0.05, 0.1) is 11.6 Å². The smallest absolute Gasteiger partial charge is 0.220 e. The molecule has 2 rings (SSSR count). The van der Waals surface area contributed by atoms with Crippen molar-refractivity contribution in [3.63, 3.8) is 0 Å². The summed E-state index contributed by atoms with van der Waals surface area (Å²) in [6.07, 6.45) is 5.95. The van der Waals surface area contributed by atoms with Crippen molar-refractivity contribution in [2.45, 2.75) is 77.8 Å². The number of unbranched alkanes of at least 4 members (excludes halogenated alkanes) is 1. The first-order valence-corrected chi connectivity index (χ1v) is 9.22. The highest BCUT2D eigenvalue weighted by Crippen LogP contribution is 2.32. The number of aromatic nitrogens is 4. The van der Waals surface area contributed by atoms with E-state index < -0.39 is 0 Å². The minimum absolute atomic E-state index is 0.0103. The van der Waals surface area contributed by atoms with Crippen molar-refractivity contribution in [2.24, 2.45) is 11.7 Å². The van der Waals surface area contributed by atoms with E-state index in [2.05, 4.69) is 48.1 Å². The first-order valence-electron chi connectivity index (χ1n) is 9.22. The van der Waals surface area contributed by atoms with E-state index in [-0.39, 0.29) is 23.4 Å². The molecule has 2 N–H and O–H groups in total. The van der Waals surface area contributed by atoms with Crippen LogP contribution in [-0.2, 0) is 10.3 Å². The topological polar surface area (TPSA) is 89.9 Å². The van der Waals surface area contributed by atoms with Crippen LogP contribution >= 0.6 is 0 Å². The maximum Gasteiger partial charge on any atom is 0.220 e. The molecule has 0 aliphatic carbocycles. The average Bonchev–Trinajstić information content (AvgIpc) is 3.06. The van der Waals surface area contributed by atoms with Gasteiger partial charge in [0, 0.05) is 5.92 Å². The Kier molecular flexibility index (Phi) is 6.32. The Morgan fingerprint density at radius 1 is 1.33 bits per heavy atom. The zero-order chi connectivity index (χ0) is 17.7. The third kappa shape index (κ3) is 4.12. The normalized spacial score (nSPS) is 18.7. The molecule has 2 heterocycles. The molecule has 136 valence electrons. The molecule has 0 radical (unpaired) electrons. The third-order valence-electron chi connectivity index (χ3n) is 5.43. The summed E-state index contributed by atoms with van der Waals surface area (Å²) in [6, 6.07) is 0.208. The Morgan fingerprint density at radius 3 is 2.54 bits per heavy atom. The Hall–Kier alpha value is -1.50. The van der Waals surface area contributed by atoms with Gasteiger partial charge >= 0.3 is 0 Å². The number of piperidine rings is 1. The molecule has 1 atom stereocenters. The van der Waals surface area contributed by atoms with E-state index in [9.17, 15) is 4.79 Å². The van der Waals surface area contributed by atoms with Crippen molar-refractivity contribution >= 4 is 5.91 Å². The number of likely N-dealkylation sites (tertiary alicyclic amines) is 1. The van der Waals surface area contributed by atoms with E-state index in [4.69, 9.17) is 5.73 Å². The van der Waals surface area contributed by atoms with Crippen LogP contribution in [0.25, 0.3) is 0 Å². The summed E-state index contributed by atoms with van der Waals surface area (Å²) < 4.78 is 1.99. The van der Waals surface area contributed by atoms with Crippen LogP contribution in [0.3, 0.4) is 0 Å². The molecule has 0 unspecified atom stereocenters. The van der Waals surface area contributed by atoms with Gasteiger partial charge in [0.1, 0.15) is 0 Å². The van der Waals surface area contributed by atoms with Gasteiger partial charge in [-0.15, -0.1) is 5.10 Å². The predicted molar refractivity (Wildman–Crippen MR) is 93.2 cm³/mol. The molecule has 0 spiro atoms. The second kappa shape index (κ2) is 8.05. The average molecular weight is 336 g/mol. The molecule has 0 aromatic carbocycles. The number of hydrogen-bond acceptors (Lipinski definition) is 5. The van der Waals surface area contributed by atoms with Crippen LogP contribution in [-0.4, -0.2) is 44.1 Å². The van der Waals surface area contributed by atoms with Gasteiger partial charge in [0.15, 0.2) is 5.82 Å². The predicted octanol–water partition coefficient (Wildman–Crippen LogP) is 2.25. The Balaban J connectivity index is 2.21. The number of carbonyl (C=O) groups excluding carboxylic acids is 1. The molecule has 0 saturated carbocycles. The van der Waals surface area contributed by atoms with E-state index in [0.29, 0.717) is 0 Å². The van der Waals surface area contributed by atoms with Crippen molar-refractivity contribution in [1.82, 2.24) is 25.1 Å². The van der Waals surface area contributed by atoms with Crippen molar-refractivity contribution in [3.8, 4) is 0 Å². The lowest BCUT2D eigenvalue weighted by molar-refractivity contribution is -0.123. The monoisotopic (exact) mass is 336 g/mol. The van der Waals surface area contributed by atoms with Crippen LogP contribution in [0.5, 0.6) is 0 Å². The molecule has 24 heavy (non-hydrogen) atoms. The van der Waals surface area contributed by atoms with Crippen LogP contribution in [0, 0.1) is 5.92 Å². The van der Waals surface area contributed by atoms with Gasteiger partial charge < -0.3 is 5.73 Å². The minimum Gasteiger partial charge on any atom is -0.369 e. The first kappa shape index (κ1) is 18.8. The van der Waals surface area contributed by atoms with Crippen LogP contribution in [0.15, 0.2) is 0 Å². The van der Waals surface area contributed by atoms with Crippen LogP contribution in [0.4, 0.5) is 0 Å². The highest BCUT2D eigenvalue weighted by Gasteiger charge is 2.33. The fourth-order valence-corrected chi connectivity index (χ4v) is 3.35. The van der Waals surface area contributed by atoms with E-state index in [0.717, 1.165) is 57.4 Å². The lowest BCUT2D eigenvalue weighted by Crippen LogP contribution is -2.42. The minimum atomic E-state index is -0.170. The Bertz CT molecular complexity index is 533. The number of amides is 1. The highest BCUT2D eigenvalue weighted by atomic mass is 16.1. The van der Waals surface area contributed by atoms with Gasteiger partial charge in [-0.25, -0.2) is 4.68 Å². The standard InChI is InChI=1S/C17H32N6O/c1-5-7-8-14(22-11-9-13(10-12-22)15(18)24)16-19-20-21-23(16)17(3,4)6-2/h13-14H,5-12H2,1-4H3,(H2,18,24)/t14-/m0/s1. The SMILES string of the molecule is CCCC[C@@H](c1nnnn1C(C)(C)CC)N1CCC(C(N)=O)CC1. The molecular formula is C17H32N6O. The molecule has 1 aromatic heterocycles. The number of primary amides is 1. The molecule has 1 fully saturated rings. The molecule has 7 heteroatoms. The molecular weight excluding hydrogens is 304 g/mol. The maximum atomic E-state index is 11.4. The second-order valence-corrected chi connectivity index (χ2v) is 7.49. The summed E-state index contributed by atoms with van der Waals surface area (Å²) >= 11 is 0. The van der Waals surface area contributed by atoms with E-state index in [1.165, 1.54) is 0 Å². The summed E-state index contributed by atoms with van der Waals surface area (Å²) in [7, 11) is 0. The summed E-state index contributed by atoms with van der Waals surface area (Å²) in [5.74, 6) is 0.792. The van der Waals surface area contributed by atoms with Gasteiger partial charge in [-0.2, -0.15) is 0 Å². The maximum absolute atomic E-state index is 11.4. The van der Waals surface area contributed by atoms with Gasteiger partial charge in [-0.05, 0) is 63.0 Å². The fourth-order valence-electron chi connectivity index (χ4n) is 3.35. The summed E-state index contributed by atoms with van der Waals surface area (Å²) in [5, 5.41) is 12.6. The lowest BCUT2D eigenvalue weighted by Gasteiger charge is -2.37. The van der Waals surface area contributed by atoms with Gasteiger partial charge in [0.2, 0.25) is 5.91 Å². The fraction of sp³-hybridized carbons (Fsp3) is 0.882. The van der Waals surface area contributed by atoms with Crippen molar-refractivity contribution in [3.05, 3.63) is 5.82 Å². The zero-order valence-corrected chi connectivity index (χ0v) is 15.5. The molecule has 1 saturated heterocycles. The zero-order valence-electron chi connectivity index (χ0n) is 15.5.